The largest absolute Gasteiger partial charge is 0.467 e. The summed E-state index contributed by atoms with van der Waals surface area (Å²) in [6.45, 7) is 1.32. The van der Waals surface area contributed by atoms with Gasteiger partial charge in [0.2, 0.25) is 15.9 Å². The molecule has 0 fully saturated rings. The van der Waals surface area contributed by atoms with Crippen LogP contribution in [0.4, 0.5) is 0 Å². The summed E-state index contributed by atoms with van der Waals surface area (Å²) in [7, 11) is -3.86. The molecule has 0 spiro atoms. The minimum Gasteiger partial charge on any atom is -0.467 e. The maximum absolute atomic E-state index is 12.1. The van der Waals surface area contributed by atoms with Crippen LogP contribution >= 0.6 is 23.2 Å². The second-order valence-corrected chi connectivity index (χ2v) is 7.29. The number of hydrogen-bond acceptors (Lipinski definition) is 4. The Hall–Kier alpha value is -1.54. The Labute approximate surface area is 143 Å². The van der Waals surface area contributed by atoms with Gasteiger partial charge in [-0.05, 0) is 37.3 Å². The van der Waals surface area contributed by atoms with Crippen LogP contribution in [0, 0.1) is 0 Å². The summed E-state index contributed by atoms with van der Waals surface area (Å²) >= 11 is 11.5. The van der Waals surface area contributed by atoms with E-state index in [4.69, 9.17) is 27.6 Å². The molecule has 1 heterocycles. The number of halogens is 2. The van der Waals surface area contributed by atoms with Crippen molar-refractivity contribution >= 4 is 39.1 Å². The van der Waals surface area contributed by atoms with Gasteiger partial charge in [0, 0.05) is 0 Å². The number of amides is 1. The van der Waals surface area contributed by atoms with Crippen LogP contribution in [0.3, 0.4) is 0 Å². The minimum absolute atomic E-state index is 0.0706. The van der Waals surface area contributed by atoms with Gasteiger partial charge in [-0.15, -0.1) is 0 Å². The van der Waals surface area contributed by atoms with E-state index >= 15 is 0 Å². The van der Waals surface area contributed by atoms with Gasteiger partial charge in [0.05, 0.1) is 33.8 Å². The van der Waals surface area contributed by atoms with Crippen LogP contribution in [0.15, 0.2) is 45.9 Å². The van der Waals surface area contributed by atoms with E-state index in [-0.39, 0.29) is 21.0 Å². The van der Waals surface area contributed by atoms with E-state index in [1.165, 1.54) is 24.5 Å². The normalized spacial score (nSPS) is 12.8. The van der Waals surface area contributed by atoms with Gasteiger partial charge in [0.25, 0.3) is 0 Å². The summed E-state index contributed by atoms with van der Waals surface area (Å²) in [4.78, 5) is 11.8. The van der Waals surface area contributed by atoms with E-state index in [9.17, 15) is 13.2 Å². The Morgan fingerprint density at radius 3 is 2.61 bits per heavy atom. The van der Waals surface area contributed by atoms with Crippen molar-refractivity contribution in [2.45, 2.75) is 17.9 Å². The van der Waals surface area contributed by atoms with Crippen molar-refractivity contribution in [1.29, 1.82) is 0 Å². The second kappa shape index (κ2) is 7.35. The molecular formula is C14H14Cl2N2O4S. The summed E-state index contributed by atoms with van der Waals surface area (Å²) in [5.41, 5.74) is 0. The first-order valence-electron chi connectivity index (χ1n) is 6.57. The third kappa shape index (κ3) is 4.71. The van der Waals surface area contributed by atoms with E-state index in [0.29, 0.717) is 5.76 Å². The van der Waals surface area contributed by atoms with E-state index in [0.717, 1.165) is 0 Å². The van der Waals surface area contributed by atoms with Gasteiger partial charge in [-0.3, -0.25) is 4.79 Å². The number of benzene rings is 1. The fraction of sp³-hybridized carbons (Fsp3) is 0.214. The predicted molar refractivity (Wildman–Crippen MR) is 86.9 cm³/mol. The first-order chi connectivity index (χ1) is 10.8. The lowest BCUT2D eigenvalue weighted by Crippen LogP contribution is -2.37. The highest BCUT2D eigenvalue weighted by Gasteiger charge is 2.18. The van der Waals surface area contributed by atoms with E-state index in [1.54, 1.807) is 19.1 Å². The van der Waals surface area contributed by atoms with Crippen molar-refractivity contribution in [3.8, 4) is 0 Å². The zero-order valence-electron chi connectivity index (χ0n) is 12.0. The molecule has 1 atom stereocenters. The molecule has 23 heavy (non-hydrogen) atoms. The highest BCUT2D eigenvalue weighted by atomic mass is 35.5. The maximum Gasteiger partial charge on any atom is 0.241 e. The van der Waals surface area contributed by atoms with Crippen molar-refractivity contribution < 1.29 is 17.6 Å². The van der Waals surface area contributed by atoms with Gasteiger partial charge in [-0.2, -0.15) is 0 Å². The molecule has 1 aromatic carbocycles. The number of carbonyl (C=O) groups is 1. The summed E-state index contributed by atoms with van der Waals surface area (Å²) in [6.07, 6.45) is 1.49. The third-order valence-electron chi connectivity index (χ3n) is 2.97. The SMILES string of the molecule is C[C@H](NC(=O)CNS(=O)(=O)c1ccc(Cl)c(Cl)c1)c1ccco1. The molecule has 0 aliphatic heterocycles. The smallest absolute Gasteiger partial charge is 0.241 e. The number of sulfonamides is 1. The van der Waals surface area contributed by atoms with Crippen LogP contribution in [0.5, 0.6) is 0 Å². The Balaban J connectivity index is 1.96. The monoisotopic (exact) mass is 376 g/mol. The lowest BCUT2D eigenvalue weighted by atomic mass is 10.2. The van der Waals surface area contributed by atoms with Crippen molar-refractivity contribution in [3.05, 3.63) is 52.4 Å². The van der Waals surface area contributed by atoms with Gasteiger partial charge in [-0.25, -0.2) is 13.1 Å². The highest BCUT2D eigenvalue weighted by Crippen LogP contribution is 2.24. The van der Waals surface area contributed by atoms with Gasteiger partial charge in [-0.1, -0.05) is 23.2 Å². The molecule has 124 valence electrons. The van der Waals surface area contributed by atoms with Crippen LogP contribution in [0.2, 0.25) is 10.0 Å². The lowest BCUT2D eigenvalue weighted by Gasteiger charge is -2.12. The Kier molecular flexibility index (Phi) is 5.69. The van der Waals surface area contributed by atoms with Gasteiger partial charge >= 0.3 is 0 Å². The van der Waals surface area contributed by atoms with Crippen molar-refractivity contribution in [1.82, 2.24) is 10.0 Å². The Morgan fingerprint density at radius 1 is 1.26 bits per heavy atom. The first kappa shape index (κ1) is 17.8. The minimum atomic E-state index is -3.86. The van der Waals surface area contributed by atoms with E-state index < -0.39 is 22.5 Å². The number of rotatable bonds is 6. The standard InChI is InChI=1S/C14H14Cl2N2O4S/c1-9(13-3-2-6-22-13)18-14(19)8-17-23(20,21)10-4-5-11(15)12(16)7-10/h2-7,9,17H,8H2,1H3,(H,18,19)/t9-/m0/s1. The zero-order valence-corrected chi connectivity index (χ0v) is 14.4. The number of furan rings is 1. The van der Waals surface area contributed by atoms with E-state index in [2.05, 4.69) is 10.0 Å². The molecule has 0 unspecified atom stereocenters. The molecule has 0 aliphatic rings. The molecular weight excluding hydrogens is 363 g/mol. The molecule has 2 N–H and O–H groups in total. The molecule has 9 heteroatoms. The fourth-order valence-electron chi connectivity index (χ4n) is 1.79. The summed E-state index contributed by atoms with van der Waals surface area (Å²) < 4.78 is 31.6. The van der Waals surface area contributed by atoms with Gasteiger partial charge in [0.15, 0.2) is 0 Å². The lowest BCUT2D eigenvalue weighted by molar-refractivity contribution is -0.120. The molecule has 1 aromatic heterocycles. The molecule has 1 amide bonds. The topological polar surface area (TPSA) is 88.4 Å². The van der Waals surface area contributed by atoms with Crippen LogP contribution < -0.4 is 10.0 Å². The van der Waals surface area contributed by atoms with Crippen LogP contribution in [0.25, 0.3) is 0 Å². The van der Waals surface area contributed by atoms with Crippen molar-refractivity contribution in [2.75, 3.05) is 6.54 Å². The average molecular weight is 377 g/mol. The zero-order chi connectivity index (χ0) is 17.0. The Morgan fingerprint density at radius 2 is 2.00 bits per heavy atom. The van der Waals surface area contributed by atoms with Crippen LogP contribution in [-0.4, -0.2) is 20.9 Å². The molecule has 2 rings (SSSR count). The molecule has 0 bridgehead atoms. The fourth-order valence-corrected chi connectivity index (χ4v) is 3.16. The first-order valence-corrected chi connectivity index (χ1v) is 8.81. The summed E-state index contributed by atoms with van der Waals surface area (Å²) in [5.74, 6) is 0.0863. The third-order valence-corrected chi connectivity index (χ3v) is 5.11. The van der Waals surface area contributed by atoms with Crippen molar-refractivity contribution in [2.24, 2.45) is 0 Å². The number of hydrogen-bond donors (Lipinski definition) is 2. The molecule has 0 radical (unpaired) electrons. The molecule has 0 saturated heterocycles. The summed E-state index contributed by atoms with van der Waals surface area (Å²) in [5, 5.41) is 2.98. The molecule has 0 saturated carbocycles. The number of carbonyl (C=O) groups excluding carboxylic acids is 1. The number of nitrogens with one attached hydrogen (secondary N) is 2. The van der Waals surface area contributed by atoms with E-state index in [1.807, 2.05) is 0 Å². The maximum atomic E-state index is 12.1. The van der Waals surface area contributed by atoms with Crippen LogP contribution in [-0.2, 0) is 14.8 Å². The van der Waals surface area contributed by atoms with Crippen molar-refractivity contribution in [3.63, 3.8) is 0 Å². The Bertz CT molecular complexity index is 791. The molecule has 6 nitrogen and oxygen atoms in total. The van der Waals surface area contributed by atoms with Gasteiger partial charge in [0.1, 0.15) is 5.76 Å². The quantitative estimate of drug-likeness (QED) is 0.810. The molecule has 0 aliphatic carbocycles. The second-order valence-electron chi connectivity index (χ2n) is 4.71. The molecule has 2 aromatic rings. The summed E-state index contributed by atoms with van der Waals surface area (Å²) in [6, 6.07) is 6.94. The average Bonchev–Trinajstić information content (AvgIpc) is 3.02. The predicted octanol–water partition coefficient (Wildman–Crippen LogP) is 2.74. The van der Waals surface area contributed by atoms with Gasteiger partial charge < -0.3 is 9.73 Å². The van der Waals surface area contributed by atoms with Crippen LogP contribution in [0.1, 0.15) is 18.7 Å². The highest BCUT2D eigenvalue weighted by molar-refractivity contribution is 7.89.